The first-order valence-electron chi connectivity index (χ1n) is 10.9. The van der Waals surface area contributed by atoms with Gasteiger partial charge in [0, 0.05) is 16.1 Å². The maximum absolute atomic E-state index is 13.7. The molecule has 0 bridgehead atoms. The third-order valence-electron chi connectivity index (χ3n) is 6.19. The van der Waals surface area contributed by atoms with Crippen molar-refractivity contribution in [2.24, 2.45) is 5.92 Å². The minimum Gasteiger partial charge on any atom is -0.507 e. The highest BCUT2D eigenvalue weighted by Crippen LogP contribution is 2.46. The van der Waals surface area contributed by atoms with E-state index in [0.29, 0.717) is 11.3 Å². The largest absolute Gasteiger partial charge is 0.507 e. The van der Waals surface area contributed by atoms with Crippen molar-refractivity contribution < 1.29 is 14.7 Å². The summed E-state index contributed by atoms with van der Waals surface area (Å²) in [6, 6.07) is 17.3. The molecule has 0 amide bonds. The van der Waals surface area contributed by atoms with Gasteiger partial charge in [0.1, 0.15) is 5.76 Å². The summed E-state index contributed by atoms with van der Waals surface area (Å²) in [5.74, 6) is -2.11. The first-order chi connectivity index (χ1) is 16.3. The first kappa shape index (κ1) is 21.8. The van der Waals surface area contributed by atoms with E-state index in [2.05, 4.69) is 11.4 Å². The number of aliphatic hydroxyl groups is 1. The number of anilines is 3. The van der Waals surface area contributed by atoms with Crippen molar-refractivity contribution >= 4 is 51.5 Å². The summed E-state index contributed by atoms with van der Waals surface area (Å²) in [5.41, 5.74) is 12.1. The summed E-state index contributed by atoms with van der Waals surface area (Å²) in [4.78, 5) is 26.7. The molecule has 0 saturated carbocycles. The molecule has 34 heavy (non-hydrogen) atoms. The standard InChI is InChI=1S/C28H22N2O3S/c1-14-10-15(2)12-17(11-14)30-19-13-18(16-6-4-3-5-7-16)26(29)25-22(19)27(32)23-20(31)8-9-21(34)24(23)28(25)33/h3-13,24,30,32H,29H2,1-2H3. The predicted molar refractivity (Wildman–Crippen MR) is 140 cm³/mol. The molecule has 168 valence electrons. The Kier molecular flexibility index (Phi) is 5.18. The molecule has 5 nitrogen and oxygen atoms in total. The van der Waals surface area contributed by atoms with Crippen LogP contribution in [0.1, 0.15) is 27.0 Å². The maximum Gasteiger partial charge on any atom is 0.186 e. The Morgan fingerprint density at radius 2 is 1.62 bits per heavy atom. The van der Waals surface area contributed by atoms with E-state index in [4.69, 9.17) is 18.0 Å². The van der Waals surface area contributed by atoms with Gasteiger partial charge in [-0.25, -0.2) is 0 Å². The van der Waals surface area contributed by atoms with Crippen LogP contribution in [-0.4, -0.2) is 21.5 Å². The highest BCUT2D eigenvalue weighted by molar-refractivity contribution is 7.80. The van der Waals surface area contributed by atoms with Crippen molar-refractivity contribution in [2.75, 3.05) is 11.1 Å². The molecule has 0 aliphatic heterocycles. The van der Waals surface area contributed by atoms with E-state index in [-0.39, 0.29) is 38.8 Å². The van der Waals surface area contributed by atoms with Crippen LogP contribution < -0.4 is 11.1 Å². The molecule has 0 fully saturated rings. The van der Waals surface area contributed by atoms with Gasteiger partial charge >= 0.3 is 0 Å². The molecule has 3 aromatic rings. The fraction of sp³-hybridized carbons (Fsp3) is 0.107. The third-order valence-corrected chi connectivity index (χ3v) is 6.56. The SMILES string of the molecule is Cc1cc(C)cc(Nc2cc(-c3ccccc3)c(N)c3c2C(O)=C2C(=O)C=CC(=S)C2C3=O)c1. The Morgan fingerprint density at radius 1 is 0.941 bits per heavy atom. The van der Waals surface area contributed by atoms with Crippen LogP contribution in [-0.2, 0) is 4.79 Å². The van der Waals surface area contributed by atoms with Gasteiger partial charge in [0.25, 0.3) is 0 Å². The number of hydrogen-bond donors (Lipinski definition) is 3. The molecule has 2 aliphatic rings. The van der Waals surface area contributed by atoms with Crippen LogP contribution in [0.2, 0.25) is 0 Å². The number of carbonyl (C=O) groups excluding carboxylic acids is 2. The fourth-order valence-electron chi connectivity index (χ4n) is 4.78. The number of fused-ring (bicyclic) bond motifs is 2. The molecule has 1 unspecified atom stereocenters. The monoisotopic (exact) mass is 466 g/mol. The molecule has 5 rings (SSSR count). The number of aryl methyl sites for hydroxylation is 2. The predicted octanol–water partition coefficient (Wildman–Crippen LogP) is 5.89. The number of nitrogens with two attached hydrogens (primary N) is 1. The summed E-state index contributed by atoms with van der Waals surface area (Å²) in [5, 5.41) is 14.7. The summed E-state index contributed by atoms with van der Waals surface area (Å²) in [6.07, 6.45) is 2.75. The van der Waals surface area contributed by atoms with Crippen LogP contribution >= 0.6 is 12.2 Å². The number of Topliss-reactive ketones (excluding diaryl/α,β-unsaturated/α-hetero) is 1. The molecule has 0 aromatic heterocycles. The van der Waals surface area contributed by atoms with Crippen LogP contribution in [0.15, 0.2) is 72.3 Å². The highest BCUT2D eigenvalue weighted by atomic mass is 32.1. The number of rotatable bonds is 3. The van der Waals surface area contributed by atoms with Gasteiger partial charge in [-0.2, -0.15) is 0 Å². The van der Waals surface area contributed by atoms with E-state index < -0.39 is 11.7 Å². The molecule has 4 N–H and O–H groups in total. The molecule has 0 radical (unpaired) electrons. The number of thiocarbonyl (C=S) groups is 1. The number of aliphatic hydroxyl groups excluding tert-OH is 1. The van der Waals surface area contributed by atoms with Crippen molar-refractivity contribution in [1.82, 2.24) is 0 Å². The highest BCUT2D eigenvalue weighted by Gasteiger charge is 2.43. The maximum atomic E-state index is 13.7. The third kappa shape index (κ3) is 3.43. The van der Waals surface area contributed by atoms with Gasteiger partial charge in [0.05, 0.1) is 34.0 Å². The van der Waals surface area contributed by atoms with Crippen LogP contribution in [0.25, 0.3) is 16.9 Å². The average Bonchev–Trinajstić information content (AvgIpc) is 2.79. The van der Waals surface area contributed by atoms with Gasteiger partial charge in [-0.1, -0.05) is 48.6 Å². The number of nitrogens with one attached hydrogen (secondary N) is 1. The van der Waals surface area contributed by atoms with Crippen molar-refractivity contribution in [3.63, 3.8) is 0 Å². The molecular weight excluding hydrogens is 444 g/mol. The Balaban J connectivity index is 1.82. The normalized spacial score (nSPS) is 17.0. The van der Waals surface area contributed by atoms with Crippen molar-refractivity contribution in [1.29, 1.82) is 0 Å². The van der Waals surface area contributed by atoms with E-state index in [1.54, 1.807) is 0 Å². The van der Waals surface area contributed by atoms with Gasteiger partial charge < -0.3 is 16.2 Å². The molecule has 0 heterocycles. The van der Waals surface area contributed by atoms with E-state index in [1.165, 1.54) is 12.2 Å². The van der Waals surface area contributed by atoms with E-state index >= 15 is 0 Å². The Bertz CT molecular complexity index is 1450. The molecule has 3 aromatic carbocycles. The second kappa shape index (κ2) is 8.08. The van der Waals surface area contributed by atoms with Crippen molar-refractivity contribution in [2.45, 2.75) is 13.8 Å². The lowest BCUT2D eigenvalue weighted by Gasteiger charge is -2.30. The zero-order chi connectivity index (χ0) is 24.1. The lowest BCUT2D eigenvalue weighted by molar-refractivity contribution is -0.111. The van der Waals surface area contributed by atoms with Gasteiger partial charge in [0.15, 0.2) is 11.6 Å². The molecule has 0 saturated heterocycles. The van der Waals surface area contributed by atoms with Crippen LogP contribution in [0.4, 0.5) is 17.1 Å². The summed E-state index contributed by atoms with van der Waals surface area (Å²) < 4.78 is 0. The van der Waals surface area contributed by atoms with Crippen LogP contribution in [0, 0.1) is 19.8 Å². The minimum absolute atomic E-state index is 0.000309. The molecule has 1 atom stereocenters. The van der Waals surface area contributed by atoms with Crippen LogP contribution in [0.5, 0.6) is 0 Å². The summed E-state index contributed by atoms with van der Waals surface area (Å²) in [6.45, 7) is 3.99. The first-order valence-corrected chi connectivity index (χ1v) is 11.3. The number of allylic oxidation sites excluding steroid dienone is 3. The topological polar surface area (TPSA) is 92.4 Å². The molecule has 6 heteroatoms. The quantitative estimate of drug-likeness (QED) is 0.329. The van der Waals surface area contributed by atoms with E-state index in [1.807, 2.05) is 62.4 Å². The zero-order valence-corrected chi connectivity index (χ0v) is 19.5. The van der Waals surface area contributed by atoms with Gasteiger partial charge in [-0.15, -0.1) is 0 Å². The number of nitrogen functional groups attached to an aromatic ring is 1. The average molecular weight is 467 g/mol. The van der Waals surface area contributed by atoms with E-state index in [9.17, 15) is 14.7 Å². The molecule has 0 spiro atoms. The minimum atomic E-state index is -1.03. The number of benzene rings is 3. The molecule has 2 aliphatic carbocycles. The van der Waals surface area contributed by atoms with Crippen molar-refractivity contribution in [3.05, 3.63) is 94.6 Å². The summed E-state index contributed by atoms with van der Waals surface area (Å²) >= 11 is 5.39. The van der Waals surface area contributed by atoms with Crippen molar-refractivity contribution in [3.8, 4) is 11.1 Å². The number of carbonyl (C=O) groups is 2. The van der Waals surface area contributed by atoms with Gasteiger partial charge in [-0.05, 0) is 60.9 Å². The number of ketones is 2. The second-order valence-electron chi connectivity index (χ2n) is 8.66. The van der Waals surface area contributed by atoms with E-state index in [0.717, 1.165) is 22.4 Å². The molecular formula is C28H22N2O3S. The lowest BCUT2D eigenvalue weighted by atomic mass is 9.73. The Morgan fingerprint density at radius 3 is 2.29 bits per heavy atom. The fourth-order valence-corrected chi connectivity index (χ4v) is 5.07. The Labute approximate surface area is 202 Å². The second-order valence-corrected chi connectivity index (χ2v) is 9.13. The smallest absolute Gasteiger partial charge is 0.186 e. The summed E-state index contributed by atoms with van der Waals surface area (Å²) in [7, 11) is 0. The number of hydrogen-bond acceptors (Lipinski definition) is 6. The van der Waals surface area contributed by atoms with Gasteiger partial charge in [-0.3, -0.25) is 9.59 Å². The zero-order valence-electron chi connectivity index (χ0n) is 18.7. The van der Waals surface area contributed by atoms with Gasteiger partial charge in [0.2, 0.25) is 0 Å². The van der Waals surface area contributed by atoms with Crippen LogP contribution in [0.3, 0.4) is 0 Å². The Hall–Kier alpha value is -4.03. The lowest BCUT2D eigenvalue weighted by Crippen LogP contribution is -2.35.